The van der Waals surface area contributed by atoms with Crippen molar-refractivity contribution in [1.82, 2.24) is 25.4 Å². The lowest BCUT2D eigenvalue weighted by molar-refractivity contribution is 0.469. The fourth-order valence-corrected chi connectivity index (χ4v) is 2.24. The van der Waals surface area contributed by atoms with E-state index in [4.69, 9.17) is 0 Å². The topological polar surface area (TPSA) is 66.8 Å². The zero-order chi connectivity index (χ0) is 13.6. The Balaban J connectivity index is 1.38. The van der Waals surface area contributed by atoms with Crippen molar-refractivity contribution in [2.75, 3.05) is 25.0 Å². The van der Waals surface area contributed by atoms with E-state index in [1.165, 1.54) is 5.56 Å². The molecule has 0 spiro atoms. The maximum Gasteiger partial charge on any atom is 0.242 e. The molecule has 2 heterocycles. The van der Waals surface area contributed by atoms with E-state index in [0.717, 1.165) is 51.0 Å². The predicted molar refractivity (Wildman–Crippen MR) is 78.4 cm³/mol. The lowest BCUT2D eigenvalue weighted by Gasteiger charge is -2.11. The van der Waals surface area contributed by atoms with E-state index >= 15 is 0 Å². The van der Waals surface area contributed by atoms with Gasteiger partial charge in [-0.05, 0) is 5.56 Å². The largest absolute Gasteiger partial charge is 0.352 e. The molecule has 0 unspecified atom stereocenters. The Labute approximate surface area is 118 Å². The smallest absolute Gasteiger partial charge is 0.242 e. The van der Waals surface area contributed by atoms with Crippen LogP contribution in [-0.2, 0) is 19.6 Å². The monoisotopic (exact) mass is 272 g/mol. The van der Waals surface area contributed by atoms with Gasteiger partial charge in [0.2, 0.25) is 5.95 Å². The third kappa shape index (κ3) is 3.34. The molecule has 106 valence electrons. The number of anilines is 1. The molecule has 1 aromatic carbocycles. The Bertz CT molecular complexity index is 512. The zero-order valence-corrected chi connectivity index (χ0v) is 11.5. The number of hydrogen-bond acceptors (Lipinski definition) is 5. The van der Waals surface area contributed by atoms with Crippen molar-refractivity contribution in [3.05, 3.63) is 41.7 Å². The predicted octanol–water partition coefficient (Wildman–Crippen LogP) is 0.583. The van der Waals surface area contributed by atoms with Gasteiger partial charge in [-0.1, -0.05) is 30.3 Å². The van der Waals surface area contributed by atoms with E-state index in [0.29, 0.717) is 0 Å². The number of nitrogens with zero attached hydrogens (tertiary/aromatic N) is 3. The summed E-state index contributed by atoms with van der Waals surface area (Å²) in [5, 5.41) is 14.4. The molecule has 3 rings (SSSR count). The van der Waals surface area contributed by atoms with Gasteiger partial charge in [0, 0.05) is 26.2 Å². The van der Waals surface area contributed by atoms with E-state index in [-0.39, 0.29) is 0 Å². The fourth-order valence-electron chi connectivity index (χ4n) is 2.24. The van der Waals surface area contributed by atoms with Crippen molar-refractivity contribution in [2.24, 2.45) is 0 Å². The van der Waals surface area contributed by atoms with Crippen LogP contribution in [0.1, 0.15) is 11.4 Å². The molecular weight excluding hydrogens is 252 g/mol. The van der Waals surface area contributed by atoms with Gasteiger partial charge in [-0.15, -0.1) is 5.10 Å². The first-order valence-electron chi connectivity index (χ1n) is 7.05. The van der Waals surface area contributed by atoms with Crippen LogP contribution < -0.4 is 16.0 Å². The van der Waals surface area contributed by atoms with Gasteiger partial charge in [-0.3, -0.25) is 0 Å². The highest BCUT2D eigenvalue weighted by atomic mass is 15.4. The van der Waals surface area contributed by atoms with Gasteiger partial charge in [0.05, 0.1) is 13.1 Å². The van der Waals surface area contributed by atoms with Crippen LogP contribution >= 0.6 is 0 Å². The summed E-state index contributed by atoms with van der Waals surface area (Å²) in [6.07, 6.45) is 0. The molecular formula is C14H20N6. The van der Waals surface area contributed by atoms with Gasteiger partial charge in [-0.2, -0.15) is 4.98 Å². The second-order valence-corrected chi connectivity index (χ2v) is 4.84. The van der Waals surface area contributed by atoms with Crippen LogP contribution in [0.5, 0.6) is 0 Å². The average Bonchev–Trinajstić information content (AvgIpc) is 2.90. The third-order valence-electron chi connectivity index (χ3n) is 3.29. The number of nitrogens with one attached hydrogen (secondary N) is 3. The molecule has 0 amide bonds. The second kappa shape index (κ2) is 6.49. The Morgan fingerprint density at radius 2 is 2.10 bits per heavy atom. The first-order chi connectivity index (χ1) is 9.92. The Morgan fingerprint density at radius 1 is 1.20 bits per heavy atom. The molecule has 1 aliphatic heterocycles. The van der Waals surface area contributed by atoms with E-state index in [9.17, 15) is 0 Å². The molecule has 1 aliphatic rings. The molecule has 0 radical (unpaired) electrons. The van der Waals surface area contributed by atoms with Crippen molar-refractivity contribution < 1.29 is 0 Å². The zero-order valence-electron chi connectivity index (χ0n) is 11.5. The summed E-state index contributed by atoms with van der Waals surface area (Å²) >= 11 is 0. The van der Waals surface area contributed by atoms with Crippen LogP contribution in [0.25, 0.3) is 0 Å². The highest BCUT2D eigenvalue weighted by Crippen LogP contribution is 2.05. The summed E-state index contributed by atoms with van der Waals surface area (Å²) in [5.74, 6) is 1.74. The van der Waals surface area contributed by atoms with Crippen LogP contribution in [0, 0.1) is 0 Å². The number of rotatable bonds is 6. The molecule has 0 atom stereocenters. The Kier molecular flexibility index (Phi) is 4.25. The fraction of sp³-hybridized carbons (Fsp3) is 0.429. The van der Waals surface area contributed by atoms with Crippen molar-refractivity contribution in [1.29, 1.82) is 0 Å². The minimum Gasteiger partial charge on any atom is -0.352 e. The van der Waals surface area contributed by atoms with E-state index in [1.807, 2.05) is 10.7 Å². The summed E-state index contributed by atoms with van der Waals surface area (Å²) in [6.45, 7) is 5.27. The summed E-state index contributed by atoms with van der Waals surface area (Å²) in [5.41, 5.74) is 1.30. The van der Waals surface area contributed by atoms with E-state index in [1.54, 1.807) is 0 Å². The summed E-state index contributed by atoms with van der Waals surface area (Å²) < 4.78 is 1.97. The SMILES string of the molecule is c1ccc(CNCCNc2nc3n(n2)CCNC3)cc1. The highest BCUT2D eigenvalue weighted by Gasteiger charge is 2.12. The Hall–Kier alpha value is -1.92. The van der Waals surface area contributed by atoms with E-state index in [2.05, 4.69) is 50.3 Å². The van der Waals surface area contributed by atoms with E-state index < -0.39 is 0 Å². The van der Waals surface area contributed by atoms with Crippen molar-refractivity contribution >= 4 is 5.95 Å². The molecule has 6 nitrogen and oxygen atoms in total. The van der Waals surface area contributed by atoms with Crippen LogP contribution in [-0.4, -0.2) is 34.4 Å². The molecule has 6 heteroatoms. The quantitative estimate of drug-likeness (QED) is 0.671. The molecule has 0 bridgehead atoms. The van der Waals surface area contributed by atoms with Crippen LogP contribution in [0.2, 0.25) is 0 Å². The maximum atomic E-state index is 4.46. The number of hydrogen-bond donors (Lipinski definition) is 3. The molecule has 0 fully saturated rings. The first-order valence-corrected chi connectivity index (χ1v) is 7.05. The standard InChI is InChI=1S/C14H20N6/c1-2-4-12(5-3-1)10-15-6-7-17-14-18-13-11-16-8-9-20(13)19-14/h1-5,15-16H,6-11H2,(H,17,19). The minimum absolute atomic E-state index is 0.727. The molecule has 20 heavy (non-hydrogen) atoms. The lowest BCUT2D eigenvalue weighted by Crippen LogP contribution is -2.28. The highest BCUT2D eigenvalue weighted by molar-refractivity contribution is 5.23. The van der Waals surface area contributed by atoms with Gasteiger partial charge >= 0.3 is 0 Å². The number of aromatic nitrogens is 3. The summed E-state index contributed by atoms with van der Waals surface area (Å²) in [7, 11) is 0. The van der Waals surface area contributed by atoms with Gasteiger partial charge in [-0.25, -0.2) is 4.68 Å². The molecule has 2 aromatic rings. The number of fused-ring (bicyclic) bond motifs is 1. The second-order valence-electron chi connectivity index (χ2n) is 4.84. The number of benzene rings is 1. The first kappa shape index (κ1) is 13.1. The molecule has 3 N–H and O–H groups in total. The molecule has 0 aliphatic carbocycles. The summed E-state index contributed by atoms with van der Waals surface area (Å²) in [4.78, 5) is 4.46. The lowest BCUT2D eigenvalue weighted by atomic mass is 10.2. The van der Waals surface area contributed by atoms with Crippen LogP contribution in [0.4, 0.5) is 5.95 Å². The van der Waals surface area contributed by atoms with Crippen LogP contribution in [0.3, 0.4) is 0 Å². The van der Waals surface area contributed by atoms with Crippen molar-refractivity contribution in [2.45, 2.75) is 19.6 Å². The van der Waals surface area contributed by atoms with Gasteiger partial charge in [0.15, 0.2) is 0 Å². The maximum absolute atomic E-state index is 4.46. The molecule has 1 aromatic heterocycles. The van der Waals surface area contributed by atoms with Gasteiger partial charge in [0.25, 0.3) is 0 Å². The minimum atomic E-state index is 0.727. The molecule has 0 saturated carbocycles. The molecule has 0 saturated heterocycles. The van der Waals surface area contributed by atoms with Gasteiger partial charge < -0.3 is 16.0 Å². The van der Waals surface area contributed by atoms with Crippen molar-refractivity contribution in [3.8, 4) is 0 Å². The normalized spacial score (nSPS) is 14.0. The third-order valence-corrected chi connectivity index (χ3v) is 3.29. The van der Waals surface area contributed by atoms with Crippen molar-refractivity contribution in [3.63, 3.8) is 0 Å². The Morgan fingerprint density at radius 3 is 2.95 bits per heavy atom. The van der Waals surface area contributed by atoms with Crippen LogP contribution in [0.15, 0.2) is 30.3 Å². The summed E-state index contributed by atoms with van der Waals surface area (Å²) in [6, 6.07) is 10.4. The van der Waals surface area contributed by atoms with Gasteiger partial charge in [0.1, 0.15) is 5.82 Å². The average molecular weight is 272 g/mol.